The van der Waals surface area contributed by atoms with Crippen LogP contribution in [0, 0.1) is 0 Å². The number of alkyl halides is 2. The van der Waals surface area contributed by atoms with Gasteiger partial charge in [0.15, 0.2) is 0 Å². The van der Waals surface area contributed by atoms with Gasteiger partial charge in [-0.15, -0.1) is 0 Å². The second-order valence-electron chi connectivity index (χ2n) is 5.20. The van der Waals surface area contributed by atoms with Crippen LogP contribution in [-0.2, 0) is 9.53 Å². The molecule has 0 aliphatic heterocycles. The summed E-state index contributed by atoms with van der Waals surface area (Å²) in [6, 6.07) is 11.9. The van der Waals surface area contributed by atoms with Crippen LogP contribution in [0.15, 0.2) is 55.0 Å². The van der Waals surface area contributed by atoms with Crippen molar-refractivity contribution in [3.05, 3.63) is 60.6 Å². The number of halogens is 2. The maximum Gasteiger partial charge on any atom is 0.320 e. The molecule has 0 spiro atoms. The fraction of sp³-hybridized carbons (Fsp3) is 0.167. The molecule has 3 rings (SSSR count). The summed E-state index contributed by atoms with van der Waals surface area (Å²) in [5, 5.41) is 1.02. The molecule has 0 saturated heterocycles. The standard InChI is InChI=1S/C18H14Br2N2O2/c1-24-18(23)17(20)16(19)12-2-3-15-14(10-12)13(6-9-22-15)11-4-7-21-8-5-11/h2-10,16-17H,1H3. The van der Waals surface area contributed by atoms with Gasteiger partial charge in [-0.3, -0.25) is 14.8 Å². The number of rotatable bonds is 4. The SMILES string of the molecule is COC(=O)C(Br)C(Br)c1ccc2nccc(-c3ccncc3)c2c1. The molecule has 2 aromatic heterocycles. The molecular weight excluding hydrogens is 436 g/mol. The lowest BCUT2D eigenvalue weighted by Crippen LogP contribution is -2.20. The molecule has 0 fully saturated rings. The number of fused-ring (bicyclic) bond motifs is 1. The lowest BCUT2D eigenvalue weighted by molar-refractivity contribution is -0.139. The second kappa shape index (κ2) is 7.40. The van der Waals surface area contributed by atoms with Crippen LogP contribution in [0.5, 0.6) is 0 Å². The molecule has 1 aromatic carbocycles. The Kier molecular flexibility index (Phi) is 5.26. The lowest BCUT2D eigenvalue weighted by atomic mass is 9.99. The minimum Gasteiger partial charge on any atom is -0.468 e. The van der Waals surface area contributed by atoms with Crippen molar-refractivity contribution in [3.63, 3.8) is 0 Å². The van der Waals surface area contributed by atoms with E-state index in [0.29, 0.717) is 0 Å². The molecule has 0 saturated carbocycles. The Balaban J connectivity index is 2.09. The number of esters is 1. The number of pyridine rings is 2. The van der Waals surface area contributed by atoms with Crippen LogP contribution in [0.1, 0.15) is 10.4 Å². The highest BCUT2D eigenvalue weighted by Crippen LogP contribution is 2.35. The van der Waals surface area contributed by atoms with Crippen molar-refractivity contribution in [2.24, 2.45) is 0 Å². The second-order valence-corrected chi connectivity index (χ2v) is 7.17. The summed E-state index contributed by atoms with van der Waals surface area (Å²) < 4.78 is 4.80. The van der Waals surface area contributed by atoms with E-state index in [1.165, 1.54) is 7.11 Å². The van der Waals surface area contributed by atoms with E-state index in [2.05, 4.69) is 47.9 Å². The number of hydrogen-bond donors (Lipinski definition) is 0. The minimum atomic E-state index is -0.471. The molecule has 0 aliphatic rings. The van der Waals surface area contributed by atoms with Gasteiger partial charge in [0.05, 0.1) is 17.5 Å². The molecule has 0 bridgehead atoms. The summed E-state index contributed by atoms with van der Waals surface area (Å²) in [4.78, 5) is 19.6. The average molecular weight is 450 g/mol. The minimum absolute atomic E-state index is 0.208. The highest BCUT2D eigenvalue weighted by Gasteiger charge is 2.26. The smallest absolute Gasteiger partial charge is 0.320 e. The van der Waals surface area contributed by atoms with E-state index in [-0.39, 0.29) is 10.8 Å². The van der Waals surface area contributed by atoms with E-state index in [4.69, 9.17) is 4.74 Å². The first-order valence-corrected chi connectivity index (χ1v) is 9.10. The Morgan fingerprint density at radius 3 is 2.54 bits per heavy atom. The van der Waals surface area contributed by atoms with Crippen LogP contribution in [0.25, 0.3) is 22.0 Å². The monoisotopic (exact) mass is 448 g/mol. The van der Waals surface area contributed by atoms with Gasteiger partial charge in [0.2, 0.25) is 0 Å². The predicted molar refractivity (Wildman–Crippen MR) is 101 cm³/mol. The maximum absolute atomic E-state index is 11.8. The molecule has 122 valence electrons. The first-order chi connectivity index (χ1) is 11.6. The third kappa shape index (κ3) is 3.35. The van der Waals surface area contributed by atoms with Crippen molar-refractivity contribution in [1.29, 1.82) is 0 Å². The molecule has 4 nitrogen and oxygen atoms in total. The number of hydrogen-bond acceptors (Lipinski definition) is 4. The Morgan fingerprint density at radius 1 is 1.08 bits per heavy atom. The number of carbonyl (C=O) groups excluding carboxylic acids is 1. The van der Waals surface area contributed by atoms with E-state index in [9.17, 15) is 4.79 Å². The number of carbonyl (C=O) groups is 1. The number of methoxy groups -OCH3 is 1. The van der Waals surface area contributed by atoms with Gasteiger partial charge in [0.1, 0.15) is 4.83 Å². The van der Waals surface area contributed by atoms with Crippen LogP contribution in [0.3, 0.4) is 0 Å². The zero-order valence-corrected chi connectivity index (χ0v) is 16.0. The summed E-state index contributed by atoms with van der Waals surface area (Å²) in [5.41, 5.74) is 4.02. The normalized spacial score (nSPS) is 13.5. The summed E-state index contributed by atoms with van der Waals surface area (Å²) in [6.45, 7) is 0. The molecule has 0 aliphatic carbocycles. The molecule has 6 heteroatoms. The summed E-state index contributed by atoms with van der Waals surface area (Å²) in [6.07, 6.45) is 5.33. The predicted octanol–water partition coefficient (Wildman–Crippen LogP) is 4.67. The van der Waals surface area contributed by atoms with Crippen LogP contribution >= 0.6 is 31.9 Å². The van der Waals surface area contributed by atoms with Crippen molar-refractivity contribution in [2.45, 2.75) is 9.65 Å². The lowest BCUT2D eigenvalue weighted by Gasteiger charge is -2.16. The molecule has 2 atom stereocenters. The van der Waals surface area contributed by atoms with Gasteiger partial charge in [0.25, 0.3) is 0 Å². The first kappa shape index (κ1) is 17.0. The van der Waals surface area contributed by atoms with Gasteiger partial charge in [-0.05, 0) is 47.0 Å². The van der Waals surface area contributed by atoms with E-state index < -0.39 is 4.83 Å². The van der Waals surface area contributed by atoms with Gasteiger partial charge in [0, 0.05) is 24.0 Å². The number of aromatic nitrogens is 2. The summed E-state index contributed by atoms with van der Waals surface area (Å²) in [5.74, 6) is -0.322. The summed E-state index contributed by atoms with van der Waals surface area (Å²) >= 11 is 6.97. The fourth-order valence-corrected chi connectivity index (χ4v) is 3.51. The van der Waals surface area contributed by atoms with Gasteiger partial charge < -0.3 is 4.74 Å². The Bertz CT molecular complexity index is 871. The van der Waals surface area contributed by atoms with Crippen LogP contribution < -0.4 is 0 Å². The molecule has 24 heavy (non-hydrogen) atoms. The third-order valence-electron chi connectivity index (χ3n) is 3.76. The van der Waals surface area contributed by atoms with E-state index in [1.54, 1.807) is 18.6 Å². The molecular formula is C18H14Br2N2O2. The fourth-order valence-electron chi connectivity index (χ4n) is 2.52. The Morgan fingerprint density at radius 2 is 1.83 bits per heavy atom. The average Bonchev–Trinajstić information content (AvgIpc) is 2.65. The zero-order chi connectivity index (χ0) is 17.1. The van der Waals surface area contributed by atoms with Gasteiger partial charge in [-0.2, -0.15) is 0 Å². The van der Waals surface area contributed by atoms with Crippen molar-refractivity contribution < 1.29 is 9.53 Å². The summed E-state index contributed by atoms with van der Waals surface area (Å²) in [7, 11) is 1.38. The number of ether oxygens (including phenoxy) is 1. The van der Waals surface area contributed by atoms with Crippen molar-refractivity contribution in [3.8, 4) is 11.1 Å². The Hall–Kier alpha value is -1.79. The molecule has 0 amide bonds. The highest BCUT2D eigenvalue weighted by atomic mass is 79.9. The number of benzene rings is 1. The van der Waals surface area contributed by atoms with Crippen LogP contribution in [0.4, 0.5) is 0 Å². The van der Waals surface area contributed by atoms with Gasteiger partial charge >= 0.3 is 5.97 Å². The van der Waals surface area contributed by atoms with Crippen LogP contribution in [-0.4, -0.2) is 27.9 Å². The molecule has 2 unspecified atom stereocenters. The van der Waals surface area contributed by atoms with E-state index in [0.717, 1.165) is 27.6 Å². The molecule has 0 radical (unpaired) electrons. The van der Waals surface area contributed by atoms with E-state index >= 15 is 0 Å². The maximum atomic E-state index is 11.8. The van der Waals surface area contributed by atoms with Crippen LogP contribution in [0.2, 0.25) is 0 Å². The zero-order valence-electron chi connectivity index (χ0n) is 12.8. The molecule has 3 aromatic rings. The largest absolute Gasteiger partial charge is 0.468 e. The first-order valence-electron chi connectivity index (χ1n) is 7.27. The Labute approximate surface area is 156 Å². The van der Waals surface area contributed by atoms with Gasteiger partial charge in [-0.25, -0.2) is 0 Å². The van der Waals surface area contributed by atoms with E-state index in [1.807, 2.05) is 30.3 Å². The molecule has 0 N–H and O–H groups in total. The van der Waals surface area contributed by atoms with Crippen molar-refractivity contribution in [2.75, 3.05) is 7.11 Å². The molecule has 2 heterocycles. The number of nitrogens with zero attached hydrogens (tertiary/aromatic N) is 2. The third-order valence-corrected chi connectivity index (χ3v) is 6.43. The topological polar surface area (TPSA) is 52.1 Å². The highest BCUT2D eigenvalue weighted by molar-refractivity contribution is 9.12. The van der Waals surface area contributed by atoms with Crippen molar-refractivity contribution in [1.82, 2.24) is 9.97 Å². The van der Waals surface area contributed by atoms with Gasteiger partial charge in [-0.1, -0.05) is 37.9 Å². The van der Waals surface area contributed by atoms with Crippen molar-refractivity contribution >= 4 is 48.7 Å². The quantitative estimate of drug-likeness (QED) is 0.429.